The molecule has 0 fully saturated rings. The highest BCUT2D eigenvalue weighted by atomic mass is 28.4. The summed E-state index contributed by atoms with van der Waals surface area (Å²) in [5, 5.41) is 1.52. The molecule has 0 saturated heterocycles. The van der Waals surface area contributed by atoms with Crippen LogP contribution in [0.1, 0.15) is 35.1 Å². The maximum absolute atomic E-state index is 10.8. The average molecular weight is 885 g/mol. The van der Waals surface area contributed by atoms with E-state index in [0.29, 0.717) is 57.7 Å². The van der Waals surface area contributed by atoms with Crippen molar-refractivity contribution in [2.75, 3.05) is 40.6 Å². The summed E-state index contributed by atoms with van der Waals surface area (Å²) in [4.78, 5) is 10.8. The lowest BCUT2D eigenvalue weighted by Gasteiger charge is -2.36. The summed E-state index contributed by atoms with van der Waals surface area (Å²) in [5.74, 6) is 2.33. The van der Waals surface area contributed by atoms with Crippen molar-refractivity contribution in [1.29, 1.82) is 0 Å². The van der Waals surface area contributed by atoms with Crippen molar-refractivity contribution >= 4 is 21.6 Å². The number of allylic oxidation sites excluding steroid dienone is 2. The maximum Gasteiger partial charge on any atom is 0.186 e. The quantitative estimate of drug-likeness (QED) is 0.0581. The fourth-order valence-electron chi connectivity index (χ4n) is 8.92. The largest absolute Gasteiger partial charge is 0.497 e. The van der Waals surface area contributed by atoms with Crippen molar-refractivity contribution in [1.82, 2.24) is 0 Å². The van der Waals surface area contributed by atoms with E-state index in [1.807, 2.05) is 73.8 Å². The smallest absolute Gasteiger partial charge is 0.186 e. The van der Waals surface area contributed by atoms with Gasteiger partial charge in [-0.15, -0.1) is 0 Å². The van der Waals surface area contributed by atoms with Gasteiger partial charge >= 0.3 is 0 Å². The Bertz CT molecular complexity index is 2130. The third kappa shape index (κ3) is 14.2. The first-order valence-corrected chi connectivity index (χ1v) is 28.5. The van der Waals surface area contributed by atoms with Crippen molar-refractivity contribution in [3.63, 3.8) is 0 Å². The fourth-order valence-corrected chi connectivity index (χ4v) is 14.4. The minimum atomic E-state index is -2.27. The molecule has 0 saturated carbocycles. The molecular formula is C54H68O7Si2. The van der Waals surface area contributed by atoms with Crippen LogP contribution >= 0.6 is 0 Å². The predicted molar refractivity (Wildman–Crippen MR) is 261 cm³/mol. The Morgan fingerprint density at radius 2 is 0.810 bits per heavy atom. The summed E-state index contributed by atoms with van der Waals surface area (Å²) in [6.07, 6.45) is 6.69. The molecule has 0 bridgehead atoms. The third-order valence-corrected chi connectivity index (χ3v) is 19.5. The Morgan fingerprint density at radius 3 is 1.22 bits per heavy atom. The van der Waals surface area contributed by atoms with E-state index >= 15 is 0 Å². The number of hydrogen-bond donors (Lipinski definition) is 1. The third-order valence-electron chi connectivity index (χ3n) is 12.8. The van der Waals surface area contributed by atoms with Gasteiger partial charge in [0.05, 0.1) is 75.1 Å². The van der Waals surface area contributed by atoms with Gasteiger partial charge in [0.1, 0.15) is 11.5 Å². The fraction of sp³-hybridized carbons (Fsp3) is 0.370. The van der Waals surface area contributed by atoms with E-state index in [1.54, 1.807) is 14.2 Å². The van der Waals surface area contributed by atoms with Crippen LogP contribution in [-0.2, 0) is 45.4 Å². The summed E-state index contributed by atoms with van der Waals surface area (Å²) in [6, 6.07) is 47.8. The Balaban J connectivity index is 0.000000213. The van der Waals surface area contributed by atoms with Crippen LogP contribution in [0.5, 0.6) is 11.5 Å². The summed E-state index contributed by atoms with van der Waals surface area (Å²) < 4.78 is 35.0. The van der Waals surface area contributed by atoms with Gasteiger partial charge in [0.2, 0.25) is 0 Å². The van der Waals surface area contributed by atoms with Crippen molar-refractivity contribution in [2.45, 2.75) is 76.5 Å². The van der Waals surface area contributed by atoms with Crippen LogP contribution in [0, 0.1) is 11.8 Å². The van der Waals surface area contributed by atoms with Crippen LogP contribution in [-0.4, -0.2) is 61.8 Å². The Morgan fingerprint density at radius 1 is 0.444 bits per heavy atom. The van der Waals surface area contributed by atoms with Gasteiger partial charge in [0, 0.05) is 11.8 Å². The zero-order chi connectivity index (χ0) is 44.5. The first kappa shape index (κ1) is 47.9. The molecule has 7 nitrogen and oxygen atoms in total. The molecule has 334 valence electrons. The van der Waals surface area contributed by atoms with E-state index in [2.05, 4.69) is 104 Å². The molecule has 0 aliphatic heterocycles. The molecule has 0 radical (unpaired) electrons. The van der Waals surface area contributed by atoms with Crippen molar-refractivity contribution in [3.8, 4) is 11.5 Å². The first-order chi connectivity index (χ1) is 30.5. The highest BCUT2D eigenvalue weighted by molar-refractivity contribution is 6.91. The molecule has 0 amide bonds. The van der Waals surface area contributed by atoms with Gasteiger partial charge in [0.15, 0.2) is 8.32 Å². The lowest BCUT2D eigenvalue weighted by Crippen LogP contribution is -2.48. The van der Waals surface area contributed by atoms with Gasteiger partial charge in [0.25, 0.3) is 0 Å². The van der Waals surface area contributed by atoms with E-state index in [-0.39, 0.29) is 11.5 Å². The van der Waals surface area contributed by atoms with Crippen molar-refractivity contribution < 1.29 is 33.2 Å². The monoisotopic (exact) mass is 884 g/mol. The highest BCUT2D eigenvalue weighted by Gasteiger charge is 2.43. The second-order valence-electron chi connectivity index (χ2n) is 17.9. The van der Waals surface area contributed by atoms with E-state index in [1.165, 1.54) is 27.5 Å². The highest BCUT2D eigenvalue weighted by Crippen LogP contribution is 2.44. The second kappa shape index (κ2) is 23.9. The van der Waals surface area contributed by atoms with E-state index in [4.69, 9.17) is 28.4 Å². The summed E-state index contributed by atoms with van der Waals surface area (Å²) in [5.41, 5.74) is 8.20. The van der Waals surface area contributed by atoms with Crippen LogP contribution in [0.3, 0.4) is 0 Å². The minimum absolute atomic E-state index is 0.223. The van der Waals surface area contributed by atoms with Crippen LogP contribution in [0.15, 0.2) is 163 Å². The van der Waals surface area contributed by atoms with Gasteiger partial charge in [-0.3, -0.25) is 0 Å². The number of methoxy groups -OCH3 is 2. The molecule has 2 aliphatic rings. The molecule has 1 N–H and O–H groups in total. The molecule has 0 spiro atoms. The summed E-state index contributed by atoms with van der Waals surface area (Å²) >= 11 is 0. The molecular weight excluding hydrogens is 817 g/mol. The molecule has 4 atom stereocenters. The SMILES string of the molecule is COc1ccc(COCC2=CC[C@H]([Si](C)(C)O)[C@H]2COCc2ccccc2)cc1.COc1ccc(COCC2=CC[C@H]([Si](C)(C)c3ccccc3)[C@H]2COCc2ccccc2)cc1. The second-order valence-corrected chi connectivity index (χ2v) is 26.7. The molecule has 2 aliphatic carbocycles. The predicted octanol–water partition coefficient (Wildman–Crippen LogP) is 11.3. The molecule has 5 aromatic carbocycles. The molecule has 9 heteroatoms. The number of ether oxygens (including phenoxy) is 6. The molecule has 7 rings (SSSR count). The molecule has 0 unspecified atom stereocenters. The van der Waals surface area contributed by atoms with E-state index < -0.39 is 16.4 Å². The maximum atomic E-state index is 10.8. The summed E-state index contributed by atoms with van der Waals surface area (Å²) in [6.45, 7) is 14.1. The Kier molecular flexibility index (Phi) is 18.2. The van der Waals surface area contributed by atoms with E-state index in [9.17, 15) is 4.80 Å². The molecule has 5 aromatic rings. The zero-order valence-electron chi connectivity index (χ0n) is 38.2. The van der Waals surface area contributed by atoms with Crippen molar-refractivity contribution in [3.05, 3.63) is 185 Å². The number of hydrogen-bond acceptors (Lipinski definition) is 7. The van der Waals surface area contributed by atoms with Gasteiger partial charge in [-0.1, -0.05) is 146 Å². The first-order valence-electron chi connectivity index (χ1n) is 22.4. The Labute approximate surface area is 378 Å². The van der Waals surface area contributed by atoms with Crippen LogP contribution in [0.25, 0.3) is 0 Å². The average Bonchev–Trinajstić information content (AvgIpc) is 3.92. The molecule has 0 heterocycles. The van der Waals surface area contributed by atoms with E-state index in [0.717, 1.165) is 42.1 Å². The zero-order valence-corrected chi connectivity index (χ0v) is 40.2. The van der Waals surface area contributed by atoms with Gasteiger partial charge in [-0.2, -0.15) is 0 Å². The van der Waals surface area contributed by atoms with Gasteiger partial charge in [-0.05, 0) is 94.7 Å². The standard InChI is InChI=1S/C30H36O3Si.C24H32O4Si/c1-31-27-17-14-25(15-18-27)21-32-22-26-16-19-30(34(2,3)28-12-8-5-9-13-28)29(26)23-33-20-24-10-6-4-7-11-24;1-26-22-12-9-20(10-13-22)16-27-17-21-11-14-24(29(2,3)25)23(21)18-28-15-19-7-5-4-6-8-19/h4-18,29-30H,19-23H2,1-3H3;4-13,23-25H,14-18H2,1-3H3/t29-,30-;23-,24-/m00/s1. The van der Waals surface area contributed by atoms with Gasteiger partial charge < -0.3 is 33.2 Å². The minimum Gasteiger partial charge on any atom is -0.497 e. The molecule has 63 heavy (non-hydrogen) atoms. The van der Waals surface area contributed by atoms with Crippen LogP contribution < -0.4 is 14.7 Å². The van der Waals surface area contributed by atoms with Gasteiger partial charge in [-0.25, -0.2) is 0 Å². The van der Waals surface area contributed by atoms with Crippen LogP contribution in [0.4, 0.5) is 0 Å². The number of benzene rings is 5. The molecule has 0 aromatic heterocycles. The normalized spacial score (nSPS) is 18.6. The summed E-state index contributed by atoms with van der Waals surface area (Å²) in [7, 11) is -0.613. The lowest BCUT2D eigenvalue weighted by molar-refractivity contribution is 0.0834. The Hall–Kier alpha value is -4.59. The lowest BCUT2D eigenvalue weighted by atomic mass is 10.0. The van der Waals surface area contributed by atoms with Crippen molar-refractivity contribution in [2.24, 2.45) is 11.8 Å². The topological polar surface area (TPSA) is 75.6 Å². The van der Waals surface area contributed by atoms with Crippen LogP contribution in [0.2, 0.25) is 37.3 Å². The number of rotatable bonds is 21.